The summed E-state index contributed by atoms with van der Waals surface area (Å²) in [5.74, 6) is -0.462. The highest BCUT2D eigenvalue weighted by molar-refractivity contribution is 7.89. The molecular formula is C13H17F3N2O2S. The molecule has 1 fully saturated rings. The van der Waals surface area contributed by atoms with E-state index in [1.54, 1.807) is 0 Å². The average Bonchev–Trinajstić information content (AvgIpc) is 2.41. The SMILES string of the molecule is Cc1cc(S(=O)(=O)N2CCN(CC(F)F)CC2)ccc1F. The summed E-state index contributed by atoms with van der Waals surface area (Å²) in [6.07, 6.45) is -2.42. The van der Waals surface area contributed by atoms with Crippen LogP contribution in [0.1, 0.15) is 5.56 Å². The van der Waals surface area contributed by atoms with Gasteiger partial charge in [-0.1, -0.05) is 0 Å². The first-order chi connectivity index (χ1) is 9.80. The van der Waals surface area contributed by atoms with Gasteiger partial charge in [0.05, 0.1) is 11.4 Å². The summed E-state index contributed by atoms with van der Waals surface area (Å²) in [5.41, 5.74) is 0.257. The molecule has 1 saturated heterocycles. The van der Waals surface area contributed by atoms with Crippen LogP contribution in [0, 0.1) is 12.7 Å². The number of hydrogen-bond acceptors (Lipinski definition) is 3. The van der Waals surface area contributed by atoms with Crippen molar-refractivity contribution in [1.29, 1.82) is 0 Å². The van der Waals surface area contributed by atoms with Crippen molar-refractivity contribution in [2.24, 2.45) is 0 Å². The van der Waals surface area contributed by atoms with Gasteiger partial charge in [-0.25, -0.2) is 21.6 Å². The van der Waals surface area contributed by atoms with Gasteiger partial charge < -0.3 is 0 Å². The summed E-state index contributed by atoms with van der Waals surface area (Å²) in [7, 11) is -3.70. The summed E-state index contributed by atoms with van der Waals surface area (Å²) in [5, 5.41) is 0. The number of halogens is 3. The molecule has 0 radical (unpaired) electrons. The number of aryl methyl sites for hydroxylation is 1. The Morgan fingerprint density at radius 2 is 1.81 bits per heavy atom. The van der Waals surface area contributed by atoms with E-state index in [1.807, 2.05) is 0 Å². The number of nitrogens with zero attached hydrogens (tertiary/aromatic N) is 2. The van der Waals surface area contributed by atoms with E-state index in [9.17, 15) is 21.6 Å². The Kier molecular flexibility index (Phi) is 4.90. The Labute approximate surface area is 122 Å². The van der Waals surface area contributed by atoms with Crippen LogP contribution in [0.4, 0.5) is 13.2 Å². The lowest BCUT2D eigenvalue weighted by atomic mass is 10.2. The first-order valence-electron chi connectivity index (χ1n) is 6.57. The van der Waals surface area contributed by atoms with Gasteiger partial charge in [-0.05, 0) is 30.7 Å². The van der Waals surface area contributed by atoms with Crippen molar-refractivity contribution in [3.8, 4) is 0 Å². The number of alkyl halides is 2. The third-order valence-corrected chi connectivity index (χ3v) is 5.39. The van der Waals surface area contributed by atoms with Gasteiger partial charge in [0.25, 0.3) is 6.43 Å². The Bertz CT molecular complexity index is 599. The maximum Gasteiger partial charge on any atom is 0.251 e. The molecule has 1 aliphatic rings. The highest BCUT2D eigenvalue weighted by atomic mass is 32.2. The quantitative estimate of drug-likeness (QED) is 0.847. The average molecular weight is 322 g/mol. The Morgan fingerprint density at radius 1 is 1.19 bits per heavy atom. The maximum atomic E-state index is 13.2. The van der Waals surface area contributed by atoms with Crippen LogP contribution >= 0.6 is 0 Å². The fourth-order valence-corrected chi connectivity index (χ4v) is 3.78. The largest absolute Gasteiger partial charge is 0.295 e. The molecule has 118 valence electrons. The zero-order chi connectivity index (χ0) is 15.6. The van der Waals surface area contributed by atoms with E-state index in [1.165, 1.54) is 28.3 Å². The minimum atomic E-state index is -3.70. The minimum Gasteiger partial charge on any atom is -0.295 e. The molecule has 0 bridgehead atoms. The van der Waals surface area contributed by atoms with E-state index in [-0.39, 0.29) is 43.2 Å². The van der Waals surface area contributed by atoms with E-state index < -0.39 is 22.3 Å². The fraction of sp³-hybridized carbons (Fsp3) is 0.538. The molecule has 4 nitrogen and oxygen atoms in total. The maximum absolute atomic E-state index is 13.2. The molecule has 1 aliphatic heterocycles. The topological polar surface area (TPSA) is 40.6 Å². The smallest absolute Gasteiger partial charge is 0.251 e. The molecule has 0 atom stereocenters. The van der Waals surface area contributed by atoms with Crippen LogP contribution in [-0.4, -0.2) is 56.8 Å². The van der Waals surface area contributed by atoms with Crippen molar-refractivity contribution in [2.45, 2.75) is 18.2 Å². The van der Waals surface area contributed by atoms with Crippen LogP contribution in [0.25, 0.3) is 0 Å². The second-order valence-corrected chi connectivity index (χ2v) is 6.94. The van der Waals surface area contributed by atoms with E-state index >= 15 is 0 Å². The fourth-order valence-electron chi connectivity index (χ4n) is 2.27. The normalized spacial score (nSPS) is 18.3. The van der Waals surface area contributed by atoms with Crippen molar-refractivity contribution in [3.63, 3.8) is 0 Å². The molecule has 1 heterocycles. The lowest BCUT2D eigenvalue weighted by Crippen LogP contribution is -2.49. The van der Waals surface area contributed by atoms with Gasteiger partial charge in [0.1, 0.15) is 5.82 Å². The van der Waals surface area contributed by atoms with Crippen molar-refractivity contribution in [3.05, 3.63) is 29.6 Å². The highest BCUT2D eigenvalue weighted by Gasteiger charge is 2.29. The standard InChI is InChI=1S/C13H17F3N2O2S/c1-10-8-11(2-3-12(10)14)21(19,20)18-6-4-17(5-7-18)9-13(15)16/h2-3,8,13H,4-7,9H2,1H3. The minimum absolute atomic E-state index is 0.0312. The number of hydrogen-bond donors (Lipinski definition) is 0. The Morgan fingerprint density at radius 3 is 2.33 bits per heavy atom. The highest BCUT2D eigenvalue weighted by Crippen LogP contribution is 2.20. The molecule has 0 aromatic heterocycles. The van der Waals surface area contributed by atoms with E-state index in [0.29, 0.717) is 0 Å². The Hall–Kier alpha value is -1.12. The lowest BCUT2D eigenvalue weighted by molar-refractivity contribution is 0.0716. The van der Waals surface area contributed by atoms with Crippen LogP contribution in [0.3, 0.4) is 0 Å². The molecule has 1 aromatic rings. The van der Waals surface area contributed by atoms with Gasteiger partial charge in [-0.15, -0.1) is 0 Å². The molecule has 8 heteroatoms. The predicted octanol–water partition coefficient (Wildman–Crippen LogP) is 1.71. The van der Waals surface area contributed by atoms with E-state index in [0.717, 1.165) is 6.07 Å². The van der Waals surface area contributed by atoms with Crippen molar-refractivity contribution in [1.82, 2.24) is 9.21 Å². The molecule has 0 saturated carbocycles. The number of benzene rings is 1. The monoisotopic (exact) mass is 322 g/mol. The van der Waals surface area contributed by atoms with Gasteiger partial charge in [-0.3, -0.25) is 4.90 Å². The van der Waals surface area contributed by atoms with E-state index in [4.69, 9.17) is 0 Å². The molecular weight excluding hydrogens is 305 g/mol. The summed E-state index contributed by atoms with van der Waals surface area (Å²) in [6.45, 7) is 2.00. The third kappa shape index (κ3) is 3.75. The van der Waals surface area contributed by atoms with Crippen LogP contribution in [0.5, 0.6) is 0 Å². The second kappa shape index (κ2) is 6.33. The van der Waals surface area contributed by atoms with Gasteiger partial charge >= 0.3 is 0 Å². The molecule has 2 rings (SSSR count). The number of piperazine rings is 1. The summed E-state index contributed by atoms with van der Waals surface area (Å²) in [6, 6.07) is 3.63. The van der Waals surface area contributed by atoms with E-state index in [2.05, 4.69) is 0 Å². The van der Waals surface area contributed by atoms with Crippen LogP contribution < -0.4 is 0 Å². The zero-order valence-corrected chi connectivity index (χ0v) is 12.4. The van der Waals surface area contributed by atoms with Crippen LogP contribution in [-0.2, 0) is 10.0 Å². The summed E-state index contributed by atoms with van der Waals surface area (Å²) in [4.78, 5) is 1.57. The number of rotatable bonds is 4. The summed E-state index contributed by atoms with van der Waals surface area (Å²) >= 11 is 0. The summed E-state index contributed by atoms with van der Waals surface area (Å²) < 4.78 is 63.9. The molecule has 0 unspecified atom stereocenters. The first kappa shape index (κ1) is 16.3. The molecule has 0 N–H and O–H groups in total. The molecule has 0 amide bonds. The van der Waals surface area contributed by atoms with Crippen molar-refractivity contribution >= 4 is 10.0 Å². The second-order valence-electron chi connectivity index (χ2n) is 5.01. The molecule has 0 spiro atoms. The molecule has 0 aliphatic carbocycles. The first-order valence-corrected chi connectivity index (χ1v) is 8.01. The van der Waals surface area contributed by atoms with Gasteiger partial charge in [-0.2, -0.15) is 4.31 Å². The zero-order valence-electron chi connectivity index (χ0n) is 11.6. The number of sulfonamides is 1. The van der Waals surface area contributed by atoms with Gasteiger partial charge in [0, 0.05) is 26.2 Å². The lowest BCUT2D eigenvalue weighted by Gasteiger charge is -2.33. The third-order valence-electron chi connectivity index (χ3n) is 3.49. The van der Waals surface area contributed by atoms with Gasteiger partial charge in [0.15, 0.2) is 0 Å². The Balaban J connectivity index is 2.09. The van der Waals surface area contributed by atoms with Crippen LogP contribution in [0.2, 0.25) is 0 Å². The molecule has 1 aromatic carbocycles. The van der Waals surface area contributed by atoms with Gasteiger partial charge in [0.2, 0.25) is 10.0 Å². The molecule has 21 heavy (non-hydrogen) atoms. The van der Waals surface area contributed by atoms with Crippen molar-refractivity contribution < 1.29 is 21.6 Å². The predicted molar refractivity (Wildman–Crippen MR) is 72.3 cm³/mol. The van der Waals surface area contributed by atoms with Crippen molar-refractivity contribution in [2.75, 3.05) is 32.7 Å². The van der Waals surface area contributed by atoms with Crippen LogP contribution in [0.15, 0.2) is 23.1 Å².